The van der Waals surface area contributed by atoms with E-state index in [4.69, 9.17) is 9.47 Å². The van der Waals surface area contributed by atoms with E-state index in [-0.39, 0.29) is 12.2 Å². The third kappa shape index (κ3) is 3.20. The number of aromatic nitrogens is 3. The molecule has 2 aliphatic rings. The number of fused-ring (bicyclic) bond motifs is 1. The quantitative estimate of drug-likeness (QED) is 0.729. The Morgan fingerprint density at radius 3 is 2.79 bits per heavy atom. The van der Waals surface area contributed by atoms with Crippen LogP contribution in [0.5, 0.6) is 0 Å². The summed E-state index contributed by atoms with van der Waals surface area (Å²) in [4.78, 5) is 29.6. The maximum atomic E-state index is 12.2. The van der Waals surface area contributed by atoms with E-state index in [1.807, 2.05) is 25.4 Å². The standard InChI is InChI=1S/C19H21N5O3S/c1-12-21-9-17(28-12)15-8-14-16(2-3-20-18(14)22-15)23-4-6-24(7-5-23)19(25)27-13-10-26-11-13/h2-3,8-9,13H,4-7,10-11H2,1H3,(H,20,22). The zero-order valence-corrected chi connectivity index (χ0v) is 16.4. The molecule has 146 valence electrons. The van der Waals surface area contributed by atoms with Crippen molar-refractivity contribution in [2.24, 2.45) is 0 Å². The molecule has 0 unspecified atom stereocenters. The van der Waals surface area contributed by atoms with Gasteiger partial charge < -0.3 is 24.3 Å². The van der Waals surface area contributed by atoms with Crippen molar-refractivity contribution in [3.63, 3.8) is 0 Å². The molecular formula is C19H21N5O3S. The van der Waals surface area contributed by atoms with Crippen LogP contribution in [-0.2, 0) is 9.47 Å². The molecule has 5 heterocycles. The van der Waals surface area contributed by atoms with Crippen LogP contribution in [-0.4, -0.2) is 71.4 Å². The van der Waals surface area contributed by atoms with Gasteiger partial charge in [-0.3, -0.25) is 0 Å². The summed E-state index contributed by atoms with van der Waals surface area (Å²) in [5.74, 6) is 0. The van der Waals surface area contributed by atoms with Crippen LogP contribution in [0.15, 0.2) is 24.5 Å². The molecule has 0 spiro atoms. The highest BCUT2D eigenvalue weighted by Gasteiger charge is 2.28. The molecular weight excluding hydrogens is 378 g/mol. The number of carbonyl (C=O) groups excluding carboxylic acids is 1. The Balaban J connectivity index is 1.32. The molecule has 8 nitrogen and oxygen atoms in total. The van der Waals surface area contributed by atoms with Gasteiger partial charge in [0.1, 0.15) is 5.65 Å². The molecule has 1 amide bonds. The first-order chi connectivity index (χ1) is 13.7. The van der Waals surface area contributed by atoms with Crippen LogP contribution >= 0.6 is 11.3 Å². The zero-order chi connectivity index (χ0) is 19.1. The van der Waals surface area contributed by atoms with Crippen molar-refractivity contribution in [2.45, 2.75) is 13.0 Å². The average molecular weight is 399 g/mol. The minimum absolute atomic E-state index is 0.0843. The number of pyridine rings is 1. The smallest absolute Gasteiger partial charge is 0.410 e. The molecule has 2 aliphatic heterocycles. The Morgan fingerprint density at radius 1 is 1.29 bits per heavy atom. The fourth-order valence-corrected chi connectivity index (χ4v) is 4.29. The Kier molecular flexibility index (Phi) is 4.40. The van der Waals surface area contributed by atoms with Gasteiger partial charge in [0, 0.05) is 49.6 Å². The molecule has 1 N–H and O–H groups in total. The largest absolute Gasteiger partial charge is 0.441 e. The molecule has 0 atom stereocenters. The van der Waals surface area contributed by atoms with E-state index < -0.39 is 0 Å². The average Bonchev–Trinajstić information content (AvgIpc) is 3.30. The first kappa shape index (κ1) is 17.4. The lowest BCUT2D eigenvalue weighted by molar-refractivity contribution is -0.104. The van der Waals surface area contributed by atoms with Gasteiger partial charge in [-0.2, -0.15) is 0 Å². The normalized spacial score (nSPS) is 17.8. The number of carbonyl (C=O) groups is 1. The summed E-state index contributed by atoms with van der Waals surface area (Å²) in [6, 6.07) is 4.18. The summed E-state index contributed by atoms with van der Waals surface area (Å²) in [6.45, 7) is 5.82. The number of hydrogen-bond donors (Lipinski definition) is 1. The fraction of sp³-hybridized carbons (Fsp3) is 0.421. The first-order valence-corrected chi connectivity index (χ1v) is 10.2. The maximum Gasteiger partial charge on any atom is 0.410 e. The highest BCUT2D eigenvalue weighted by Crippen LogP contribution is 2.32. The number of H-pyrrole nitrogens is 1. The van der Waals surface area contributed by atoms with Gasteiger partial charge in [-0.05, 0) is 19.1 Å². The van der Waals surface area contributed by atoms with E-state index in [9.17, 15) is 4.79 Å². The monoisotopic (exact) mass is 399 g/mol. The van der Waals surface area contributed by atoms with Gasteiger partial charge in [0.25, 0.3) is 0 Å². The van der Waals surface area contributed by atoms with Crippen LogP contribution in [0.4, 0.5) is 10.5 Å². The topological polar surface area (TPSA) is 83.6 Å². The second-order valence-electron chi connectivity index (χ2n) is 7.04. The Bertz CT molecular complexity index is 1000. The van der Waals surface area contributed by atoms with E-state index >= 15 is 0 Å². The number of ether oxygens (including phenoxy) is 2. The number of anilines is 1. The predicted octanol–water partition coefficient (Wildman–Crippen LogP) is 2.65. The summed E-state index contributed by atoms with van der Waals surface area (Å²) < 4.78 is 10.5. The van der Waals surface area contributed by atoms with E-state index in [0.29, 0.717) is 26.3 Å². The van der Waals surface area contributed by atoms with Gasteiger partial charge in [0.15, 0.2) is 6.10 Å². The summed E-state index contributed by atoms with van der Waals surface area (Å²) in [5.41, 5.74) is 3.03. The van der Waals surface area contributed by atoms with Crippen LogP contribution in [0.1, 0.15) is 5.01 Å². The molecule has 9 heteroatoms. The van der Waals surface area contributed by atoms with Gasteiger partial charge in [-0.15, -0.1) is 11.3 Å². The molecule has 5 rings (SSSR count). The van der Waals surface area contributed by atoms with Gasteiger partial charge in [0.2, 0.25) is 0 Å². The number of aromatic amines is 1. The molecule has 0 saturated carbocycles. The number of hydrogen-bond acceptors (Lipinski definition) is 7. The number of thiazole rings is 1. The van der Waals surface area contributed by atoms with Crippen molar-refractivity contribution in [1.29, 1.82) is 0 Å². The first-order valence-electron chi connectivity index (χ1n) is 9.36. The number of aryl methyl sites for hydroxylation is 1. The van der Waals surface area contributed by atoms with E-state index in [1.165, 1.54) is 0 Å². The third-order valence-corrected chi connectivity index (χ3v) is 6.10. The van der Waals surface area contributed by atoms with Crippen LogP contribution < -0.4 is 4.90 Å². The van der Waals surface area contributed by atoms with Crippen molar-refractivity contribution in [1.82, 2.24) is 19.9 Å². The summed E-state index contributed by atoms with van der Waals surface area (Å²) in [7, 11) is 0. The predicted molar refractivity (Wildman–Crippen MR) is 107 cm³/mol. The van der Waals surface area contributed by atoms with E-state index in [2.05, 4.69) is 25.9 Å². The molecule has 3 aromatic heterocycles. The number of piperazine rings is 1. The lowest BCUT2D eigenvalue weighted by atomic mass is 10.2. The van der Waals surface area contributed by atoms with Crippen molar-refractivity contribution in [3.05, 3.63) is 29.5 Å². The van der Waals surface area contributed by atoms with Gasteiger partial charge in [-0.1, -0.05) is 0 Å². The second kappa shape index (κ2) is 7.06. The van der Waals surface area contributed by atoms with Gasteiger partial charge in [0.05, 0.1) is 28.8 Å². The van der Waals surface area contributed by atoms with E-state index in [1.54, 1.807) is 16.2 Å². The van der Waals surface area contributed by atoms with Crippen LogP contribution in [0.3, 0.4) is 0 Å². The van der Waals surface area contributed by atoms with Gasteiger partial charge >= 0.3 is 6.09 Å². The lowest BCUT2D eigenvalue weighted by Crippen LogP contribution is -2.51. The van der Waals surface area contributed by atoms with Crippen LogP contribution in [0.25, 0.3) is 21.6 Å². The number of amides is 1. The van der Waals surface area contributed by atoms with Gasteiger partial charge in [-0.25, -0.2) is 14.8 Å². The maximum absolute atomic E-state index is 12.2. The molecule has 3 aromatic rings. The third-order valence-electron chi connectivity index (χ3n) is 5.15. The fourth-order valence-electron chi connectivity index (χ4n) is 3.54. The zero-order valence-electron chi connectivity index (χ0n) is 15.6. The Labute approximate surface area is 166 Å². The van der Waals surface area contributed by atoms with E-state index in [0.717, 1.165) is 45.4 Å². The minimum atomic E-state index is -0.239. The van der Waals surface area contributed by atoms with Crippen molar-refractivity contribution >= 4 is 34.2 Å². The molecule has 0 aliphatic carbocycles. The Hall–Kier alpha value is -2.65. The lowest BCUT2D eigenvalue weighted by Gasteiger charge is -2.37. The number of nitrogens with zero attached hydrogens (tertiary/aromatic N) is 4. The summed E-state index contributed by atoms with van der Waals surface area (Å²) in [6.07, 6.45) is 3.39. The summed E-state index contributed by atoms with van der Waals surface area (Å²) >= 11 is 1.66. The molecule has 2 fully saturated rings. The summed E-state index contributed by atoms with van der Waals surface area (Å²) in [5, 5.41) is 2.13. The van der Waals surface area contributed by atoms with Crippen molar-refractivity contribution in [2.75, 3.05) is 44.3 Å². The van der Waals surface area contributed by atoms with Crippen molar-refractivity contribution < 1.29 is 14.3 Å². The molecule has 0 bridgehead atoms. The Morgan fingerprint density at radius 2 is 2.11 bits per heavy atom. The van der Waals surface area contributed by atoms with Crippen LogP contribution in [0, 0.1) is 6.92 Å². The molecule has 2 saturated heterocycles. The van der Waals surface area contributed by atoms with Crippen LogP contribution in [0.2, 0.25) is 0 Å². The highest BCUT2D eigenvalue weighted by molar-refractivity contribution is 7.15. The SMILES string of the molecule is Cc1ncc(-c2cc3c(N4CCN(C(=O)OC5COC5)CC4)ccnc3[nH]2)s1. The molecule has 0 radical (unpaired) electrons. The van der Waals surface area contributed by atoms with Crippen molar-refractivity contribution in [3.8, 4) is 10.6 Å². The number of nitrogens with one attached hydrogen (secondary N) is 1. The minimum Gasteiger partial charge on any atom is -0.441 e. The molecule has 0 aromatic carbocycles. The number of rotatable bonds is 3. The highest BCUT2D eigenvalue weighted by atomic mass is 32.1. The second-order valence-corrected chi connectivity index (χ2v) is 8.27. The molecule has 28 heavy (non-hydrogen) atoms.